The molecule has 0 amide bonds. The molecule has 160 valence electrons. The zero-order valence-corrected chi connectivity index (χ0v) is 17.6. The van der Waals surface area contributed by atoms with E-state index in [-0.39, 0.29) is 12.2 Å². The number of aromatic nitrogens is 1. The first kappa shape index (κ1) is 21.9. The van der Waals surface area contributed by atoms with Gasteiger partial charge in [-0.2, -0.15) is 0 Å². The number of aliphatic carboxylic acids is 1. The number of carboxylic acid groups (broad SMARTS) is 1. The number of nitrogens with zero attached hydrogens (tertiary/aromatic N) is 1. The Bertz CT molecular complexity index is 1220. The van der Waals surface area contributed by atoms with E-state index in [0.29, 0.717) is 34.8 Å². The number of unbranched alkanes of at least 4 members (excludes halogenated alkanes) is 2. The fraction of sp³-hybridized carbons (Fsp3) is 0.316. The molecule has 2 heterocycles. The summed E-state index contributed by atoms with van der Waals surface area (Å²) in [7, 11) is -3.41. The van der Waals surface area contributed by atoms with Gasteiger partial charge in [0.25, 0.3) is 0 Å². The molecule has 0 radical (unpaired) electrons. The van der Waals surface area contributed by atoms with Crippen LogP contribution in [0.4, 0.5) is 5.69 Å². The van der Waals surface area contributed by atoms with Crippen molar-refractivity contribution in [1.29, 1.82) is 0 Å². The zero-order valence-electron chi connectivity index (χ0n) is 16.0. The largest absolute Gasteiger partial charge is 0.481 e. The number of primary sulfonamides is 1. The molecule has 0 saturated carbocycles. The Morgan fingerprint density at radius 3 is 2.77 bits per heavy atom. The Morgan fingerprint density at radius 1 is 1.23 bits per heavy atom. The number of anilines is 1. The second-order valence-electron chi connectivity index (χ2n) is 6.77. The molecule has 0 bridgehead atoms. The standard InChI is InChI=1S/C19H21N3O6S2/c20-30(26,27)7-3-1-2-6-21-13-5-4-12-8-15(19(25)28-16(12)9-13)18-22-14(11-29-18)10-17(23)24/h4-5,8-9,11,21H,1-3,6-7,10H2,(H,23,24)(H2,20,26,27). The number of sulfonamides is 1. The molecule has 0 spiro atoms. The zero-order chi connectivity index (χ0) is 21.7. The summed E-state index contributed by atoms with van der Waals surface area (Å²) >= 11 is 1.20. The van der Waals surface area contributed by atoms with E-state index >= 15 is 0 Å². The quantitative estimate of drug-likeness (QED) is 0.314. The number of carboxylic acids is 1. The van der Waals surface area contributed by atoms with Gasteiger partial charge in [0.15, 0.2) is 0 Å². The summed E-state index contributed by atoms with van der Waals surface area (Å²) < 4.78 is 27.2. The van der Waals surface area contributed by atoms with E-state index < -0.39 is 21.6 Å². The van der Waals surface area contributed by atoms with E-state index in [1.54, 1.807) is 17.5 Å². The lowest BCUT2D eigenvalue weighted by molar-refractivity contribution is -0.136. The van der Waals surface area contributed by atoms with E-state index in [0.717, 1.165) is 23.9 Å². The van der Waals surface area contributed by atoms with Gasteiger partial charge >= 0.3 is 11.6 Å². The smallest absolute Gasteiger partial charge is 0.346 e. The Morgan fingerprint density at radius 2 is 2.03 bits per heavy atom. The molecule has 0 aliphatic heterocycles. The van der Waals surface area contributed by atoms with Crippen LogP contribution in [0.15, 0.2) is 38.9 Å². The molecule has 30 heavy (non-hydrogen) atoms. The van der Waals surface area contributed by atoms with Crippen LogP contribution in [-0.4, -0.2) is 36.8 Å². The van der Waals surface area contributed by atoms with Gasteiger partial charge in [-0.3, -0.25) is 4.79 Å². The van der Waals surface area contributed by atoms with Crippen LogP contribution in [0.5, 0.6) is 0 Å². The first-order valence-corrected chi connectivity index (χ1v) is 11.8. The average molecular weight is 452 g/mol. The van der Waals surface area contributed by atoms with E-state index in [2.05, 4.69) is 10.3 Å². The van der Waals surface area contributed by atoms with Crippen molar-refractivity contribution >= 4 is 44.0 Å². The Balaban J connectivity index is 1.66. The summed E-state index contributed by atoms with van der Waals surface area (Å²) in [6.07, 6.45) is 1.82. The fourth-order valence-electron chi connectivity index (χ4n) is 2.87. The third-order valence-corrected chi connectivity index (χ3v) is 6.07. The van der Waals surface area contributed by atoms with Gasteiger partial charge < -0.3 is 14.8 Å². The van der Waals surface area contributed by atoms with Crippen LogP contribution < -0.4 is 16.1 Å². The van der Waals surface area contributed by atoms with Crippen LogP contribution in [0, 0.1) is 0 Å². The van der Waals surface area contributed by atoms with Crippen LogP contribution in [0.3, 0.4) is 0 Å². The summed E-state index contributed by atoms with van der Waals surface area (Å²) in [5.74, 6) is -1.00. The maximum absolute atomic E-state index is 12.4. The van der Waals surface area contributed by atoms with E-state index in [4.69, 9.17) is 14.7 Å². The van der Waals surface area contributed by atoms with Gasteiger partial charge in [-0.1, -0.05) is 6.42 Å². The summed E-state index contributed by atoms with van der Waals surface area (Å²) in [4.78, 5) is 27.4. The van der Waals surface area contributed by atoms with Crippen LogP contribution in [0.25, 0.3) is 21.5 Å². The molecule has 3 rings (SSSR count). The highest BCUT2D eigenvalue weighted by Crippen LogP contribution is 2.26. The van der Waals surface area contributed by atoms with Crippen molar-refractivity contribution in [1.82, 2.24) is 4.98 Å². The SMILES string of the molecule is NS(=O)(=O)CCCCCNc1ccc2cc(-c3nc(CC(=O)O)cs3)c(=O)oc2c1. The molecule has 1 aromatic carbocycles. The lowest BCUT2D eigenvalue weighted by Crippen LogP contribution is -2.16. The van der Waals surface area contributed by atoms with Crippen LogP contribution >= 0.6 is 11.3 Å². The van der Waals surface area contributed by atoms with Crippen molar-refractivity contribution in [2.45, 2.75) is 25.7 Å². The monoisotopic (exact) mass is 451 g/mol. The number of nitrogens with one attached hydrogen (secondary N) is 1. The first-order valence-electron chi connectivity index (χ1n) is 9.20. The van der Waals surface area contributed by atoms with Crippen molar-refractivity contribution < 1.29 is 22.7 Å². The molecule has 0 fully saturated rings. The highest BCUT2D eigenvalue weighted by Gasteiger charge is 2.13. The average Bonchev–Trinajstić information content (AvgIpc) is 3.10. The molecule has 0 unspecified atom stereocenters. The minimum absolute atomic E-state index is 0.0205. The lowest BCUT2D eigenvalue weighted by atomic mass is 10.1. The summed E-state index contributed by atoms with van der Waals surface area (Å²) in [6.45, 7) is 0.643. The van der Waals surface area contributed by atoms with Crippen molar-refractivity contribution in [2.75, 3.05) is 17.6 Å². The van der Waals surface area contributed by atoms with Crippen LogP contribution in [-0.2, 0) is 21.2 Å². The normalized spacial score (nSPS) is 11.6. The summed E-state index contributed by atoms with van der Waals surface area (Å²) in [5, 5.41) is 19.8. The number of hydrogen-bond acceptors (Lipinski definition) is 8. The number of hydrogen-bond donors (Lipinski definition) is 3. The van der Waals surface area contributed by atoms with Gasteiger partial charge in [0.2, 0.25) is 10.0 Å². The predicted molar refractivity (Wildman–Crippen MR) is 115 cm³/mol. The predicted octanol–water partition coefficient (Wildman–Crippen LogP) is 2.41. The van der Waals surface area contributed by atoms with Gasteiger partial charge in [-0.25, -0.2) is 23.3 Å². The van der Waals surface area contributed by atoms with Gasteiger partial charge in [-0.15, -0.1) is 11.3 Å². The molecule has 0 aliphatic rings. The number of rotatable bonds is 10. The second-order valence-corrected chi connectivity index (χ2v) is 9.36. The number of benzene rings is 1. The molecule has 4 N–H and O–H groups in total. The number of carbonyl (C=O) groups is 1. The molecular weight excluding hydrogens is 430 g/mol. The van der Waals surface area contributed by atoms with Crippen molar-refractivity contribution in [3.63, 3.8) is 0 Å². The minimum Gasteiger partial charge on any atom is -0.481 e. The van der Waals surface area contributed by atoms with Crippen LogP contribution in [0.2, 0.25) is 0 Å². The molecule has 3 aromatic rings. The minimum atomic E-state index is -3.41. The highest BCUT2D eigenvalue weighted by molar-refractivity contribution is 7.89. The van der Waals surface area contributed by atoms with Crippen molar-refractivity contribution in [3.8, 4) is 10.6 Å². The molecule has 0 aliphatic carbocycles. The van der Waals surface area contributed by atoms with E-state index in [1.807, 2.05) is 12.1 Å². The maximum atomic E-state index is 12.4. The third-order valence-electron chi connectivity index (χ3n) is 4.29. The van der Waals surface area contributed by atoms with E-state index in [9.17, 15) is 18.0 Å². The number of fused-ring (bicyclic) bond motifs is 1. The highest BCUT2D eigenvalue weighted by atomic mass is 32.2. The molecule has 11 heteroatoms. The lowest BCUT2D eigenvalue weighted by Gasteiger charge is -2.07. The van der Waals surface area contributed by atoms with Crippen LogP contribution in [0.1, 0.15) is 25.0 Å². The number of thiazole rings is 1. The van der Waals surface area contributed by atoms with E-state index in [1.165, 1.54) is 11.3 Å². The molecule has 2 aromatic heterocycles. The first-order chi connectivity index (χ1) is 14.2. The molecule has 0 saturated heterocycles. The Kier molecular flexibility index (Phi) is 6.85. The second kappa shape index (κ2) is 9.37. The van der Waals surface area contributed by atoms with Gasteiger partial charge in [0.05, 0.1) is 23.4 Å². The van der Waals surface area contributed by atoms with Gasteiger partial charge in [-0.05, 0) is 31.0 Å². The third kappa shape index (κ3) is 6.12. The number of nitrogens with two attached hydrogens (primary N) is 1. The summed E-state index contributed by atoms with van der Waals surface area (Å²) in [6, 6.07) is 7.08. The summed E-state index contributed by atoms with van der Waals surface area (Å²) in [5.41, 5.74) is 1.34. The Labute approximate surface area is 176 Å². The molecular formula is C19H21N3O6S2. The van der Waals surface area contributed by atoms with Gasteiger partial charge in [0.1, 0.15) is 10.6 Å². The van der Waals surface area contributed by atoms with Crippen molar-refractivity contribution in [2.24, 2.45) is 5.14 Å². The topological polar surface area (TPSA) is 153 Å². The molecule has 0 atom stereocenters. The van der Waals surface area contributed by atoms with Crippen molar-refractivity contribution in [3.05, 3.63) is 45.8 Å². The van der Waals surface area contributed by atoms with Gasteiger partial charge in [0, 0.05) is 29.1 Å². The fourth-order valence-corrected chi connectivity index (χ4v) is 4.30. The molecule has 9 nitrogen and oxygen atoms in total. The Hall–Kier alpha value is -2.76. The maximum Gasteiger partial charge on any atom is 0.346 e.